The van der Waals surface area contributed by atoms with Crippen molar-refractivity contribution in [1.29, 1.82) is 0 Å². The van der Waals surface area contributed by atoms with Crippen molar-refractivity contribution in [1.82, 2.24) is 4.31 Å². The lowest BCUT2D eigenvalue weighted by Crippen LogP contribution is -2.46. The molecule has 0 aromatic heterocycles. The van der Waals surface area contributed by atoms with Gasteiger partial charge in [-0.15, -0.1) is 0 Å². The van der Waals surface area contributed by atoms with E-state index in [9.17, 15) is 17.6 Å². The summed E-state index contributed by atoms with van der Waals surface area (Å²) in [6, 6.07) is 7.31. The summed E-state index contributed by atoms with van der Waals surface area (Å²) in [6.07, 6.45) is 2.36. The summed E-state index contributed by atoms with van der Waals surface area (Å²) in [5.74, 6) is -0.589. The Morgan fingerprint density at radius 3 is 2.52 bits per heavy atom. The summed E-state index contributed by atoms with van der Waals surface area (Å²) >= 11 is 12.1. The van der Waals surface area contributed by atoms with E-state index in [1.807, 2.05) is 6.92 Å². The number of hydrogen-bond acceptors (Lipinski definition) is 3. The van der Waals surface area contributed by atoms with E-state index in [4.69, 9.17) is 23.2 Å². The Labute approximate surface area is 191 Å². The van der Waals surface area contributed by atoms with Gasteiger partial charge in [-0.2, -0.15) is 4.31 Å². The molecule has 2 aromatic rings. The first-order chi connectivity index (χ1) is 14.7. The highest BCUT2D eigenvalue weighted by Gasteiger charge is 2.36. The van der Waals surface area contributed by atoms with Gasteiger partial charge in [-0.1, -0.05) is 23.2 Å². The molecule has 0 unspecified atom stereocenters. The highest BCUT2D eigenvalue weighted by Crippen LogP contribution is 2.35. The number of piperidine rings is 1. The zero-order chi connectivity index (χ0) is 22.3. The number of benzene rings is 2. The minimum Gasteiger partial charge on any atom is -0.312 e. The molecule has 0 atom stereocenters. The van der Waals surface area contributed by atoms with Crippen LogP contribution in [0.1, 0.15) is 30.4 Å². The highest BCUT2D eigenvalue weighted by molar-refractivity contribution is 7.89. The van der Waals surface area contributed by atoms with E-state index in [2.05, 4.69) is 0 Å². The lowest BCUT2D eigenvalue weighted by atomic mass is 9.92. The standard InChI is InChI=1S/C22H23Cl2FN2O3S/c1-14-11-18(25)12-16-3-2-8-27(21(14)16)22(28)15-6-9-26(10-7-15)31(29,30)20-13-17(23)4-5-19(20)24/h4-5,11-13,15H,2-3,6-10H2,1H3. The number of nitrogens with zero attached hydrogens (tertiary/aromatic N) is 2. The first-order valence-corrected chi connectivity index (χ1v) is 12.4. The van der Waals surface area contributed by atoms with Crippen molar-refractivity contribution in [2.45, 2.75) is 37.5 Å². The summed E-state index contributed by atoms with van der Waals surface area (Å²) < 4.78 is 41.2. The molecule has 0 saturated carbocycles. The average Bonchev–Trinajstić information content (AvgIpc) is 2.74. The number of sulfonamides is 1. The molecule has 0 radical (unpaired) electrons. The molecule has 4 rings (SSSR count). The van der Waals surface area contributed by atoms with Gasteiger partial charge in [0.05, 0.1) is 5.02 Å². The number of halogens is 3. The zero-order valence-electron chi connectivity index (χ0n) is 17.1. The van der Waals surface area contributed by atoms with Crippen LogP contribution < -0.4 is 4.90 Å². The monoisotopic (exact) mass is 484 g/mol. The molecule has 2 aliphatic rings. The van der Waals surface area contributed by atoms with Crippen molar-refractivity contribution in [2.24, 2.45) is 5.92 Å². The lowest BCUT2D eigenvalue weighted by molar-refractivity contribution is -0.123. The molecule has 0 N–H and O–H groups in total. The minimum absolute atomic E-state index is 0.0194. The number of aryl methyl sites for hydroxylation is 2. The number of carbonyl (C=O) groups is 1. The van der Waals surface area contributed by atoms with E-state index < -0.39 is 10.0 Å². The third-order valence-electron chi connectivity index (χ3n) is 6.02. The summed E-state index contributed by atoms with van der Waals surface area (Å²) in [6.45, 7) is 2.86. The van der Waals surface area contributed by atoms with Gasteiger partial charge in [-0.05, 0) is 74.1 Å². The molecule has 1 amide bonds. The Kier molecular flexibility index (Phi) is 6.32. The SMILES string of the molecule is Cc1cc(F)cc2c1N(C(=O)C1CCN(S(=O)(=O)c3cc(Cl)ccc3Cl)CC1)CCC2. The van der Waals surface area contributed by atoms with Gasteiger partial charge in [0.2, 0.25) is 15.9 Å². The van der Waals surface area contributed by atoms with Crippen LogP contribution in [-0.2, 0) is 21.2 Å². The molecule has 2 heterocycles. The molecule has 2 aromatic carbocycles. The van der Waals surface area contributed by atoms with Crippen LogP contribution in [0.25, 0.3) is 0 Å². The summed E-state index contributed by atoms with van der Waals surface area (Å²) in [5, 5.41) is 0.416. The van der Waals surface area contributed by atoms with Gasteiger partial charge in [-0.3, -0.25) is 4.79 Å². The van der Waals surface area contributed by atoms with Crippen molar-refractivity contribution < 1.29 is 17.6 Å². The maximum Gasteiger partial charge on any atom is 0.244 e. The smallest absolute Gasteiger partial charge is 0.244 e. The molecule has 1 fully saturated rings. The van der Waals surface area contributed by atoms with E-state index in [0.717, 1.165) is 29.7 Å². The van der Waals surface area contributed by atoms with Gasteiger partial charge in [0, 0.05) is 36.3 Å². The largest absolute Gasteiger partial charge is 0.312 e. The molecule has 31 heavy (non-hydrogen) atoms. The Morgan fingerprint density at radius 2 is 1.81 bits per heavy atom. The van der Waals surface area contributed by atoms with Crippen molar-refractivity contribution in [2.75, 3.05) is 24.5 Å². The van der Waals surface area contributed by atoms with Crippen LogP contribution in [0.5, 0.6) is 0 Å². The molecule has 1 saturated heterocycles. The van der Waals surface area contributed by atoms with Crippen LogP contribution in [0.2, 0.25) is 10.0 Å². The van der Waals surface area contributed by atoms with Crippen molar-refractivity contribution in [3.63, 3.8) is 0 Å². The molecule has 0 bridgehead atoms. The molecule has 0 aliphatic carbocycles. The van der Waals surface area contributed by atoms with Crippen molar-refractivity contribution >= 4 is 44.8 Å². The number of carbonyl (C=O) groups excluding carboxylic acids is 1. The quantitative estimate of drug-likeness (QED) is 0.627. The second-order valence-corrected chi connectivity index (χ2v) is 10.8. The third kappa shape index (κ3) is 4.33. The second kappa shape index (κ2) is 8.70. The maximum atomic E-state index is 13.8. The van der Waals surface area contributed by atoms with Crippen LogP contribution in [0.15, 0.2) is 35.2 Å². The Bertz CT molecular complexity index is 1130. The van der Waals surface area contributed by atoms with Crippen LogP contribution in [0.3, 0.4) is 0 Å². The second-order valence-electron chi connectivity index (χ2n) is 8.08. The number of anilines is 1. The number of amides is 1. The predicted octanol–water partition coefficient (Wildman–Crippen LogP) is 4.82. The Balaban J connectivity index is 1.50. The van der Waals surface area contributed by atoms with Crippen LogP contribution in [0.4, 0.5) is 10.1 Å². The molecule has 9 heteroatoms. The summed E-state index contributed by atoms with van der Waals surface area (Å²) in [5.41, 5.74) is 2.41. The summed E-state index contributed by atoms with van der Waals surface area (Å²) in [7, 11) is -3.80. The normalized spacial score (nSPS) is 18.1. The van der Waals surface area contributed by atoms with Gasteiger partial charge < -0.3 is 4.90 Å². The average molecular weight is 485 g/mol. The fourth-order valence-electron chi connectivity index (χ4n) is 4.52. The van der Waals surface area contributed by atoms with Gasteiger partial charge in [-0.25, -0.2) is 12.8 Å². The fourth-order valence-corrected chi connectivity index (χ4v) is 6.73. The first kappa shape index (κ1) is 22.5. The molecular weight excluding hydrogens is 462 g/mol. The van der Waals surface area contributed by atoms with Crippen LogP contribution in [0, 0.1) is 18.7 Å². The molecular formula is C22H23Cl2FN2O3S. The predicted molar refractivity (Wildman–Crippen MR) is 120 cm³/mol. The van der Waals surface area contributed by atoms with E-state index in [-0.39, 0.29) is 40.6 Å². The number of hydrogen-bond donors (Lipinski definition) is 0. The third-order valence-corrected chi connectivity index (χ3v) is 8.64. The number of rotatable bonds is 3. The van der Waals surface area contributed by atoms with E-state index in [0.29, 0.717) is 24.4 Å². The lowest BCUT2D eigenvalue weighted by Gasteiger charge is -2.36. The Morgan fingerprint density at radius 1 is 1.10 bits per heavy atom. The molecule has 0 spiro atoms. The van der Waals surface area contributed by atoms with Gasteiger partial charge >= 0.3 is 0 Å². The minimum atomic E-state index is -3.80. The van der Waals surface area contributed by atoms with Crippen molar-refractivity contribution in [3.05, 3.63) is 57.3 Å². The Hall–Kier alpha value is -1.67. The van der Waals surface area contributed by atoms with Crippen molar-refractivity contribution in [3.8, 4) is 0 Å². The van der Waals surface area contributed by atoms with E-state index >= 15 is 0 Å². The van der Waals surface area contributed by atoms with Gasteiger partial charge in [0.1, 0.15) is 10.7 Å². The first-order valence-electron chi connectivity index (χ1n) is 10.2. The maximum absolute atomic E-state index is 13.8. The number of fused-ring (bicyclic) bond motifs is 1. The van der Waals surface area contributed by atoms with E-state index in [1.54, 1.807) is 4.90 Å². The highest BCUT2D eigenvalue weighted by atomic mass is 35.5. The summed E-state index contributed by atoms with van der Waals surface area (Å²) in [4.78, 5) is 15.0. The van der Waals surface area contributed by atoms with Gasteiger partial charge in [0.25, 0.3) is 0 Å². The topological polar surface area (TPSA) is 57.7 Å². The molecule has 2 aliphatic heterocycles. The fraction of sp³-hybridized carbons (Fsp3) is 0.409. The van der Waals surface area contributed by atoms with Crippen LogP contribution >= 0.6 is 23.2 Å². The van der Waals surface area contributed by atoms with Gasteiger partial charge in [0.15, 0.2) is 0 Å². The zero-order valence-corrected chi connectivity index (χ0v) is 19.4. The molecule has 5 nitrogen and oxygen atoms in total. The van der Waals surface area contributed by atoms with Crippen LogP contribution in [-0.4, -0.2) is 38.3 Å². The molecule has 166 valence electrons. The van der Waals surface area contributed by atoms with E-state index in [1.165, 1.54) is 34.6 Å².